The van der Waals surface area contributed by atoms with Crippen molar-refractivity contribution in [2.75, 3.05) is 13.1 Å². The van der Waals surface area contributed by atoms with E-state index in [4.69, 9.17) is 9.47 Å². The third-order valence-corrected chi connectivity index (χ3v) is 2.62. The predicted octanol–water partition coefficient (Wildman–Crippen LogP) is 2.90. The Morgan fingerprint density at radius 1 is 1.09 bits per heavy atom. The lowest BCUT2D eigenvalue weighted by Gasteiger charge is -2.30. The van der Waals surface area contributed by atoms with E-state index in [1.54, 1.807) is 25.7 Å². The first-order valence-electron chi connectivity index (χ1n) is 7.49. The highest BCUT2D eigenvalue weighted by molar-refractivity contribution is 5.90. The Hall–Kier alpha value is -1.79. The number of carbonyl (C=O) groups excluding carboxylic acids is 2. The zero-order valence-electron chi connectivity index (χ0n) is 14.4. The number of hydrogen-bond donors (Lipinski definition) is 1. The molecule has 0 radical (unpaired) electrons. The van der Waals surface area contributed by atoms with Gasteiger partial charge >= 0.3 is 12.2 Å². The number of rotatable bonds is 1. The normalized spacial score (nSPS) is 18.1. The van der Waals surface area contributed by atoms with E-state index in [9.17, 15) is 9.59 Å². The molecule has 0 aromatic heterocycles. The molecule has 22 heavy (non-hydrogen) atoms. The topological polar surface area (TPSA) is 80.2 Å². The van der Waals surface area contributed by atoms with Crippen molar-refractivity contribution in [1.29, 1.82) is 0 Å². The Morgan fingerprint density at radius 3 is 2.23 bits per heavy atom. The maximum Gasteiger partial charge on any atom is 0.428 e. The van der Waals surface area contributed by atoms with Crippen molar-refractivity contribution in [2.24, 2.45) is 5.10 Å². The fourth-order valence-corrected chi connectivity index (χ4v) is 1.85. The van der Waals surface area contributed by atoms with Crippen LogP contribution in [0.2, 0.25) is 0 Å². The van der Waals surface area contributed by atoms with Gasteiger partial charge in [0.25, 0.3) is 0 Å². The van der Waals surface area contributed by atoms with Gasteiger partial charge in [0.15, 0.2) is 0 Å². The summed E-state index contributed by atoms with van der Waals surface area (Å²) in [5.74, 6) is 0. The predicted molar refractivity (Wildman–Crippen MR) is 83.8 cm³/mol. The summed E-state index contributed by atoms with van der Waals surface area (Å²) in [4.78, 5) is 25.2. The minimum absolute atomic E-state index is 0.352. The van der Waals surface area contributed by atoms with Crippen LogP contribution in [-0.2, 0) is 9.47 Å². The molecule has 0 aliphatic carbocycles. The van der Waals surface area contributed by atoms with Crippen molar-refractivity contribution in [3.8, 4) is 0 Å². The van der Waals surface area contributed by atoms with E-state index in [1.165, 1.54) is 0 Å². The number of amides is 2. The number of likely N-dealkylation sites (tertiary alicyclic amines) is 1. The van der Waals surface area contributed by atoms with Gasteiger partial charge < -0.3 is 14.4 Å². The number of piperidine rings is 1. The highest BCUT2D eigenvalue weighted by Gasteiger charge is 2.26. The third-order valence-electron chi connectivity index (χ3n) is 2.62. The van der Waals surface area contributed by atoms with Gasteiger partial charge in [0, 0.05) is 6.54 Å². The van der Waals surface area contributed by atoms with Crippen LogP contribution >= 0.6 is 0 Å². The molecule has 1 fully saturated rings. The fraction of sp³-hybridized carbons (Fsp3) is 0.800. The average molecular weight is 313 g/mol. The Morgan fingerprint density at radius 2 is 1.68 bits per heavy atom. The van der Waals surface area contributed by atoms with E-state index < -0.39 is 17.3 Å². The molecular formula is C15H27N3O4. The minimum atomic E-state index is -0.602. The van der Waals surface area contributed by atoms with Crippen LogP contribution in [0, 0.1) is 0 Å². The van der Waals surface area contributed by atoms with Gasteiger partial charge in [-0.2, -0.15) is 5.10 Å². The monoisotopic (exact) mass is 313 g/mol. The molecule has 0 bridgehead atoms. The molecule has 0 aromatic rings. The Kier molecular flexibility index (Phi) is 5.79. The summed E-state index contributed by atoms with van der Waals surface area (Å²) in [6, 6.07) is 0. The maximum atomic E-state index is 12.0. The van der Waals surface area contributed by atoms with Gasteiger partial charge in [-0.05, 0) is 54.4 Å². The molecule has 1 heterocycles. The van der Waals surface area contributed by atoms with E-state index >= 15 is 0 Å². The van der Waals surface area contributed by atoms with Crippen LogP contribution in [0.4, 0.5) is 9.59 Å². The van der Waals surface area contributed by atoms with Gasteiger partial charge in [-0.25, -0.2) is 15.0 Å². The molecule has 0 spiro atoms. The SMILES string of the molecule is CC(C)(C)OC(=O)NN=C1CCCN(C(=O)OC(C)(C)C)C1. The van der Waals surface area contributed by atoms with Crippen molar-refractivity contribution in [3.63, 3.8) is 0 Å². The number of nitrogens with one attached hydrogen (secondary N) is 1. The van der Waals surface area contributed by atoms with Gasteiger partial charge in [0.05, 0.1) is 12.3 Å². The Labute approximate surface area is 132 Å². The molecule has 126 valence electrons. The van der Waals surface area contributed by atoms with Gasteiger partial charge in [-0.1, -0.05) is 0 Å². The highest BCUT2D eigenvalue weighted by atomic mass is 16.6. The fourth-order valence-electron chi connectivity index (χ4n) is 1.85. The lowest BCUT2D eigenvalue weighted by Crippen LogP contribution is -2.43. The molecule has 0 unspecified atom stereocenters. The van der Waals surface area contributed by atoms with E-state index in [-0.39, 0.29) is 6.09 Å². The first-order valence-corrected chi connectivity index (χ1v) is 7.49. The Balaban J connectivity index is 2.54. The van der Waals surface area contributed by atoms with Crippen LogP contribution in [-0.4, -0.2) is 47.1 Å². The second kappa shape index (κ2) is 6.98. The minimum Gasteiger partial charge on any atom is -0.444 e. The molecule has 1 aliphatic heterocycles. The molecule has 0 saturated carbocycles. The largest absolute Gasteiger partial charge is 0.444 e. The van der Waals surface area contributed by atoms with Gasteiger partial charge in [-0.3, -0.25) is 0 Å². The van der Waals surface area contributed by atoms with Gasteiger partial charge in [0.2, 0.25) is 0 Å². The van der Waals surface area contributed by atoms with Crippen LogP contribution in [0.3, 0.4) is 0 Å². The first-order chi connectivity index (χ1) is 9.96. The van der Waals surface area contributed by atoms with Crippen molar-refractivity contribution in [3.05, 3.63) is 0 Å². The van der Waals surface area contributed by atoms with Crippen LogP contribution in [0.5, 0.6) is 0 Å². The van der Waals surface area contributed by atoms with Crippen molar-refractivity contribution in [2.45, 2.75) is 65.6 Å². The van der Waals surface area contributed by atoms with Crippen molar-refractivity contribution < 1.29 is 19.1 Å². The quantitative estimate of drug-likeness (QED) is 0.755. The molecule has 0 aromatic carbocycles. The van der Waals surface area contributed by atoms with Crippen LogP contribution in [0.15, 0.2) is 5.10 Å². The third kappa shape index (κ3) is 7.28. The number of ether oxygens (including phenoxy) is 2. The zero-order chi connectivity index (χ0) is 17.0. The highest BCUT2D eigenvalue weighted by Crippen LogP contribution is 2.14. The lowest BCUT2D eigenvalue weighted by molar-refractivity contribution is 0.0266. The summed E-state index contributed by atoms with van der Waals surface area (Å²) in [5.41, 5.74) is 1.99. The first kappa shape index (κ1) is 18.3. The smallest absolute Gasteiger partial charge is 0.428 e. The summed E-state index contributed by atoms with van der Waals surface area (Å²) in [5, 5.41) is 4.04. The summed E-state index contributed by atoms with van der Waals surface area (Å²) in [6.07, 6.45) is 0.551. The summed E-state index contributed by atoms with van der Waals surface area (Å²) >= 11 is 0. The van der Waals surface area contributed by atoms with E-state index in [0.29, 0.717) is 13.1 Å². The van der Waals surface area contributed by atoms with E-state index in [0.717, 1.165) is 18.6 Å². The second-order valence-corrected chi connectivity index (χ2v) is 7.30. The average Bonchev–Trinajstić information content (AvgIpc) is 2.32. The number of nitrogens with zero attached hydrogens (tertiary/aromatic N) is 2. The molecule has 1 aliphatic rings. The molecule has 1 N–H and O–H groups in total. The van der Waals surface area contributed by atoms with Gasteiger partial charge in [-0.15, -0.1) is 0 Å². The summed E-state index contributed by atoms with van der Waals surface area (Å²) < 4.78 is 10.4. The molecule has 7 nitrogen and oxygen atoms in total. The number of carbonyl (C=O) groups is 2. The second-order valence-electron chi connectivity index (χ2n) is 7.30. The maximum absolute atomic E-state index is 12.0. The lowest BCUT2D eigenvalue weighted by atomic mass is 10.1. The molecular weight excluding hydrogens is 286 g/mol. The summed E-state index contributed by atoms with van der Waals surface area (Å²) in [6.45, 7) is 11.8. The van der Waals surface area contributed by atoms with E-state index in [1.807, 2.05) is 20.8 Å². The van der Waals surface area contributed by atoms with Crippen LogP contribution in [0.25, 0.3) is 0 Å². The molecule has 7 heteroatoms. The van der Waals surface area contributed by atoms with Crippen LogP contribution in [0.1, 0.15) is 54.4 Å². The standard InChI is InChI=1S/C15H27N3O4/c1-14(2,3)21-12(19)17-16-11-8-7-9-18(10-11)13(20)22-15(4,5)6/h7-10H2,1-6H3,(H,17,19). The summed E-state index contributed by atoms with van der Waals surface area (Å²) in [7, 11) is 0. The molecule has 1 saturated heterocycles. The van der Waals surface area contributed by atoms with Crippen molar-refractivity contribution in [1.82, 2.24) is 10.3 Å². The zero-order valence-corrected chi connectivity index (χ0v) is 14.4. The van der Waals surface area contributed by atoms with Gasteiger partial charge in [0.1, 0.15) is 11.2 Å². The molecule has 1 rings (SSSR count). The van der Waals surface area contributed by atoms with Crippen molar-refractivity contribution >= 4 is 17.9 Å². The number of hydrogen-bond acceptors (Lipinski definition) is 5. The molecule has 2 amide bonds. The van der Waals surface area contributed by atoms with Crippen LogP contribution < -0.4 is 5.43 Å². The molecule has 0 atom stereocenters. The Bertz CT molecular complexity index is 447. The number of hydrazone groups is 1. The van der Waals surface area contributed by atoms with E-state index in [2.05, 4.69) is 10.5 Å².